The highest BCUT2D eigenvalue weighted by Crippen LogP contribution is 2.23. The molecule has 33 heavy (non-hydrogen) atoms. The molecule has 1 aliphatic heterocycles. The van der Waals surface area contributed by atoms with Crippen LogP contribution in [0.1, 0.15) is 10.4 Å². The standard InChI is InChI=1S/C22H19ClN8O2/c23-20-19(14-25-31(22(20)33)18-4-2-1-3-5-18)28-10-12-29(13-11-28)21(32)16-6-8-17(9-7-16)30-15-24-26-27-30/h1-9,14-15H,10-13H2. The molecule has 1 fully saturated rings. The fraction of sp³-hybridized carbons (Fsp3) is 0.182. The van der Waals surface area contributed by atoms with Gasteiger partial charge < -0.3 is 9.80 Å². The molecular formula is C22H19ClN8O2. The van der Waals surface area contributed by atoms with E-state index in [4.69, 9.17) is 11.6 Å². The summed E-state index contributed by atoms with van der Waals surface area (Å²) in [5.41, 5.74) is 2.21. The molecule has 0 saturated carbocycles. The van der Waals surface area contributed by atoms with Crippen LogP contribution in [0.4, 0.5) is 5.69 Å². The van der Waals surface area contributed by atoms with E-state index in [2.05, 4.69) is 20.6 Å². The highest BCUT2D eigenvalue weighted by Gasteiger charge is 2.25. The largest absolute Gasteiger partial charge is 0.365 e. The quantitative estimate of drug-likeness (QED) is 0.456. The SMILES string of the molecule is O=C(c1ccc(-n2cnnn2)cc1)N1CCN(c2cnn(-c3ccccc3)c(=O)c2Cl)CC1. The van der Waals surface area contributed by atoms with E-state index in [0.717, 1.165) is 5.69 Å². The minimum absolute atomic E-state index is 0.0540. The molecule has 4 aromatic rings. The summed E-state index contributed by atoms with van der Waals surface area (Å²) in [6.45, 7) is 2.10. The molecular weight excluding hydrogens is 444 g/mol. The summed E-state index contributed by atoms with van der Waals surface area (Å²) in [7, 11) is 0. The number of nitrogens with zero attached hydrogens (tertiary/aromatic N) is 8. The van der Waals surface area contributed by atoms with Gasteiger partial charge in [0, 0.05) is 31.7 Å². The van der Waals surface area contributed by atoms with Crippen molar-refractivity contribution < 1.29 is 4.79 Å². The third-order valence-corrected chi connectivity index (χ3v) is 5.89. The summed E-state index contributed by atoms with van der Waals surface area (Å²) >= 11 is 6.42. The predicted octanol–water partition coefficient (Wildman–Crippen LogP) is 1.82. The number of anilines is 1. The average molecular weight is 463 g/mol. The minimum atomic E-state index is -0.374. The molecule has 2 aromatic carbocycles. The van der Waals surface area contributed by atoms with Crippen LogP contribution in [0, 0.1) is 0 Å². The van der Waals surface area contributed by atoms with Gasteiger partial charge >= 0.3 is 0 Å². The van der Waals surface area contributed by atoms with Crippen LogP contribution in [-0.2, 0) is 0 Å². The van der Waals surface area contributed by atoms with Gasteiger partial charge in [-0.3, -0.25) is 9.59 Å². The van der Waals surface area contributed by atoms with Crippen molar-refractivity contribution in [2.45, 2.75) is 0 Å². The van der Waals surface area contributed by atoms with E-state index in [1.807, 2.05) is 23.1 Å². The highest BCUT2D eigenvalue weighted by molar-refractivity contribution is 6.33. The Labute approximate surface area is 193 Å². The number of piperazine rings is 1. The van der Waals surface area contributed by atoms with Gasteiger partial charge in [-0.1, -0.05) is 29.8 Å². The Bertz CT molecular complexity index is 1320. The zero-order chi connectivity index (χ0) is 22.8. The Morgan fingerprint density at radius 1 is 0.909 bits per heavy atom. The summed E-state index contributed by atoms with van der Waals surface area (Å²) in [5.74, 6) is -0.0540. The molecule has 2 aromatic heterocycles. The molecule has 0 N–H and O–H groups in total. The van der Waals surface area contributed by atoms with E-state index in [0.29, 0.717) is 43.1 Å². The van der Waals surface area contributed by atoms with Gasteiger partial charge in [0.2, 0.25) is 0 Å². The molecule has 1 amide bonds. The van der Waals surface area contributed by atoms with Crippen LogP contribution < -0.4 is 10.5 Å². The zero-order valence-corrected chi connectivity index (χ0v) is 18.2. The van der Waals surface area contributed by atoms with Crippen LogP contribution in [0.15, 0.2) is 71.9 Å². The second-order valence-electron chi connectivity index (χ2n) is 7.48. The monoisotopic (exact) mass is 462 g/mol. The first kappa shape index (κ1) is 20.8. The Balaban J connectivity index is 1.27. The molecule has 11 heteroatoms. The number of carbonyl (C=O) groups excluding carboxylic acids is 1. The molecule has 0 spiro atoms. The predicted molar refractivity (Wildman–Crippen MR) is 122 cm³/mol. The van der Waals surface area contributed by atoms with Crippen molar-refractivity contribution in [3.63, 3.8) is 0 Å². The topological polar surface area (TPSA) is 102 Å². The van der Waals surface area contributed by atoms with Crippen LogP contribution in [0.2, 0.25) is 5.02 Å². The van der Waals surface area contributed by atoms with Crippen LogP contribution >= 0.6 is 11.6 Å². The molecule has 166 valence electrons. The lowest BCUT2D eigenvalue weighted by Gasteiger charge is -2.36. The number of hydrogen-bond donors (Lipinski definition) is 0. The summed E-state index contributed by atoms with van der Waals surface area (Å²) in [6.07, 6.45) is 3.10. The number of hydrogen-bond acceptors (Lipinski definition) is 7. The van der Waals surface area contributed by atoms with Crippen molar-refractivity contribution in [1.82, 2.24) is 34.9 Å². The number of amides is 1. The Kier molecular flexibility index (Phi) is 5.57. The summed E-state index contributed by atoms with van der Waals surface area (Å²) < 4.78 is 2.81. The molecule has 0 unspecified atom stereocenters. The van der Waals surface area contributed by atoms with Crippen LogP contribution in [0.3, 0.4) is 0 Å². The van der Waals surface area contributed by atoms with E-state index in [-0.39, 0.29) is 16.5 Å². The van der Waals surface area contributed by atoms with Crippen molar-refractivity contribution in [3.05, 3.63) is 88.1 Å². The Hall–Kier alpha value is -4.05. The normalized spacial score (nSPS) is 13.8. The molecule has 0 radical (unpaired) electrons. The fourth-order valence-electron chi connectivity index (χ4n) is 3.77. The maximum Gasteiger partial charge on any atom is 0.292 e. The van der Waals surface area contributed by atoms with Gasteiger partial charge in [-0.25, -0.2) is 4.68 Å². The summed E-state index contributed by atoms with van der Waals surface area (Å²) in [5, 5.41) is 15.5. The molecule has 5 rings (SSSR count). The molecule has 1 saturated heterocycles. The Morgan fingerprint density at radius 2 is 1.64 bits per heavy atom. The van der Waals surface area contributed by atoms with Gasteiger partial charge in [0.25, 0.3) is 11.5 Å². The average Bonchev–Trinajstić information content (AvgIpc) is 3.41. The molecule has 0 bridgehead atoms. The molecule has 1 aliphatic rings. The lowest BCUT2D eigenvalue weighted by atomic mass is 10.1. The Morgan fingerprint density at radius 3 is 2.30 bits per heavy atom. The maximum atomic E-state index is 12.9. The van der Waals surface area contributed by atoms with Gasteiger partial charge in [-0.15, -0.1) is 5.10 Å². The second kappa shape index (κ2) is 8.83. The van der Waals surface area contributed by atoms with Crippen molar-refractivity contribution in [1.29, 1.82) is 0 Å². The maximum absolute atomic E-state index is 12.9. The van der Waals surface area contributed by atoms with Gasteiger partial charge in [0.1, 0.15) is 11.3 Å². The van der Waals surface area contributed by atoms with Gasteiger partial charge in [0.15, 0.2) is 0 Å². The zero-order valence-electron chi connectivity index (χ0n) is 17.5. The first-order valence-electron chi connectivity index (χ1n) is 10.3. The van der Waals surface area contributed by atoms with E-state index in [9.17, 15) is 9.59 Å². The van der Waals surface area contributed by atoms with Crippen molar-refractivity contribution >= 4 is 23.2 Å². The minimum Gasteiger partial charge on any atom is -0.365 e. The number of para-hydroxylation sites is 1. The third kappa shape index (κ3) is 4.08. The number of tetrazole rings is 1. The summed E-state index contributed by atoms with van der Waals surface area (Å²) in [6, 6.07) is 16.2. The van der Waals surface area contributed by atoms with Crippen LogP contribution in [0.25, 0.3) is 11.4 Å². The van der Waals surface area contributed by atoms with Crippen molar-refractivity contribution in [3.8, 4) is 11.4 Å². The highest BCUT2D eigenvalue weighted by atomic mass is 35.5. The fourth-order valence-corrected chi connectivity index (χ4v) is 4.02. The molecule has 0 aliphatic carbocycles. The lowest BCUT2D eigenvalue weighted by molar-refractivity contribution is 0.0747. The first-order valence-corrected chi connectivity index (χ1v) is 10.7. The third-order valence-electron chi connectivity index (χ3n) is 5.54. The molecule has 10 nitrogen and oxygen atoms in total. The molecule has 0 atom stereocenters. The van der Waals surface area contributed by atoms with E-state index in [1.54, 1.807) is 47.5 Å². The van der Waals surface area contributed by atoms with Gasteiger partial charge in [-0.2, -0.15) is 9.78 Å². The van der Waals surface area contributed by atoms with Gasteiger partial charge in [0.05, 0.1) is 23.3 Å². The van der Waals surface area contributed by atoms with E-state index < -0.39 is 0 Å². The van der Waals surface area contributed by atoms with E-state index in [1.165, 1.54) is 15.7 Å². The lowest BCUT2D eigenvalue weighted by Crippen LogP contribution is -2.49. The van der Waals surface area contributed by atoms with Gasteiger partial charge in [-0.05, 0) is 46.8 Å². The second-order valence-corrected chi connectivity index (χ2v) is 7.85. The number of carbonyl (C=O) groups is 1. The van der Waals surface area contributed by atoms with Crippen LogP contribution in [-0.4, -0.2) is 67.0 Å². The van der Waals surface area contributed by atoms with Crippen molar-refractivity contribution in [2.24, 2.45) is 0 Å². The smallest absolute Gasteiger partial charge is 0.292 e. The number of halogens is 1. The van der Waals surface area contributed by atoms with Crippen molar-refractivity contribution in [2.75, 3.05) is 31.1 Å². The molecule has 3 heterocycles. The van der Waals surface area contributed by atoms with Crippen LogP contribution in [0.5, 0.6) is 0 Å². The summed E-state index contributed by atoms with van der Waals surface area (Å²) in [4.78, 5) is 29.5. The number of aromatic nitrogens is 6. The number of rotatable bonds is 4. The number of benzene rings is 2. The van der Waals surface area contributed by atoms with E-state index >= 15 is 0 Å². The first-order chi connectivity index (χ1) is 16.1.